The number of hydrogen-bond acceptors (Lipinski definition) is 3. The summed E-state index contributed by atoms with van der Waals surface area (Å²) in [6.07, 6.45) is 1.32. The van der Waals surface area contributed by atoms with Crippen LogP contribution >= 0.6 is 0 Å². The fraction of sp³-hybridized carbons (Fsp3) is 1.00. The number of quaternary nitrogens is 1. The summed E-state index contributed by atoms with van der Waals surface area (Å²) in [5, 5.41) is 9.29. The molecule has 1 rings (SSSR count). The fourth-order valence-corrected chi connectivity index (χ4v) is 2.32. The molecule has 0 aliphatic carbocycles. The summed E-state index contributed by atoms with van der Waals surface area (Å²) in [4.78, 5) is 1.22. The van der Waals surface area contributed by atoms with Crippen molar-refractivity contribution in [2.75, 3.05) is 25.4 Å². The van der Waals surface area contributed by atoms with Gasteiger partial charge in [-0.25, -0.2) is 0 Å². The Morgan fingerprint density at radius 2 is 1.85 bits per heavy atom. The van der Waals surface area contributed by atoms with Gasteiger partial charge in [0.05, 0.1) is 13.1 Å². The number of nitrogens with one attached hydrogen (secondary N) is 1. The van der Waals surface area contributed by atoms with Crippen LogP contribution in [0.3, 0.4) is 0 Å². The molecule has 0 amide bonds. The summed E-state index contributed by atoms with van der Waals surface area (Å²) in [6.45, 7) is 2.39. The maximum Gasteiger partial charge on any atom is 0.267 e. The van der Waals surface area contributed by atoms with Gasteiger partial charge in [-0.2, -0.15) is 8.42 Å². The van der Waals surface area contributed by atoms with Gasteiger partial charge < -0.3 is 10.0 Å². The maximum atomic E-state index is 10.4. The van der Waals surface area contributed by atoms with Gasteiger partial charge in [0.25, 0.3) is 10.1 Å². The quantitative estimate of drug-likeness (QED) is 0.465. The van der Waals surface area contributed by atoms with Gasteiger partial charge >= 0.3 is 0 Å². The lowest BCUT2D eigenvalue weighted by atomic mass is 10.4. The predicted molar refractivity (Wildman–Crippen MR) is 47.2 cm³/mol. The molecule has 1 saturated heterocycles. The Kier molecular flexibility index (Phi) is 3.66. The van der Waals surface area contributed by atoms with Crippen molar-refractivity contribution in [3.63, 3.8) is 0 Å². The zero-order valence-corrected chi connectivity index (χ0v) is 8.26. The van der Waals surface area contributed by atoms with Crippen molar-refractivity contribution in [2.45, 2.75) is 18.9 Å². The molecule has 1 aliphatic rings. The van der Waals surface area contributed by atoms with E-state index in [0.29, 0.717) is 6.54 Å². The Labute approximate surface area is 78.1 Å². The second-order valence-electron chi connectivity index (χ2n) is 3.56. The Balaban J connectivity index is 2.28. The third-order valence-corrected chi connectivity index (χ3v) is 3.04. The second-order valence-corrected chi connectivity index (χ2v) is 5.06. The second kappa shape index (κ2) is 4.36. The predicted octanol–water partition coefficient (Wildman–Crippen LogP) is -2.09. The molecule has 0 aromatic carbocycles. The van der Waals surface area contributed by atoms with E-state index in [2.05, 4.69) is 0 Å². The van der Waals surface area contributed by atoms with Gasteiger partial charge in [-0.05, 0) is 0 Å². The molecule has 3 N–H and O–H groups in total. The lowest BCUT2D eigenvalue weighted by molar-refractivity contribution is -0.890. The van der Waals surface area contributed by atoms with E-state index in [-0.39, 0.29) is 0 Å². The van der Waals surface area contributed by atoms with Crippen molar-refractivity contribution in [1.82, 2.24) is 0 Å². The van der Waals surface area contributed by atoms with E-state index in [1.54, 1.807) is 0 Å². The van der Waals surface area contributed by atoms with E-state index in [0.717, 1.165) is 25.9 Å². The van der Waals surface area contributed by atoms with Gasteiger partial charge in [-0.3, -0.25) is 4.55 Å². The van der Waals surface area contributed by atoms with Crippen LogP contribution in [0.4, 0.5) is 0 Å². The molecule has 0 radical (unpaired) electrons. The normalized spacial score (nSPS) is 22.0. The topological polar surface area (TPSA) is 79.0 Å². The van der Waals surface area contributed by atoms with E-state index in [1.165, 1.54) is 4.90 Å². The number of rotatable bonds is 4. The minimum absolute atomic E-state index is 0.416. The lowest BCUT2D eigenvalue weighted by Gasteiger charge is -2.15. The largest absolute Gasteiger partial charge is 0.386 e. The summed E-state index contributed by atoms with van der Waals surface area (Å²) in [5.41, 5.74) is 0. The minimum atomic E-state index is -4.03. The van der Waals surface area contributed by atoms with Crippen LogP contribution in [0.2, 0.25) is 0 Å². The summed E-state index contributed by atoms with van der Waals surface area (Å²) in [5.74, 6) is -0.545. The minimum Gasteiger partial charge on any atom is -0.386 e. The molecular formula is C7H16NO4S+. The van der Waals surface area contributed by atoms with Gasteiger partial charge in [0.2, 0.25) is 0 Å². The summed E-state index contributed by atoms with van der Waals surface area (Å²) < 4.78 is 29.3. The highest BCUT2D eigenvalue weighted by Gasteiger charge is 2.22. The van der Waals surface area contributed by atoms with E-state index in [4.69, 9.17) is 4.55 Å². The first-order chi connectivity index (χ1) is 5.97. The number of hydrogen-bond donors (Lipinski definition) is 3. The van der Waals surface area contributed by atoms with Crippen molar-refractivity contribution in [2.24, 2.45) is 0 Å². The molecule has 0 saturated carbocycles. The van der Waals surface area contributed by atoms with Crippen LogP contribution in [0.5, 0.6) is 0 Å². The Morgan fingerprint density at radius 3 is 2.31 bits per heavy atom. The Hall–Kier alpha value is -0.170. The smallest absolute Gasteiger partial charge is 0.267 e. The van der Waals surface area contributed by atoms with E-state index < -0.39 is 22.0 Å². The molecule has 0 aromatic rings. The van der Waals surface area contributed by atoms with E-state index >= 15 is 0 Å². The van der Waals surface area contributed by atoms with Crippen LogP contribution in [-0.2, 0) is 10.1 Å². The molecule has 1 aliphatic heterocycles. The highest BCUT2D eigenvalue weighted by molar-refractivity contribution is 7.85. The van der Waals surface area contributed by atoms with E-state index in [1.807, 2.05) is 0 Å². The number of aliphatic hydroxyl groups excluding tert-OH is 1. The molecular weight excluding hydrogens is 194 g/mol. The molecule has 6 heteroatoms. The Bertz CT molecular complexity index is 245. The van der Waals surface area contributed by atoms with Crippen LogP contribution in [0, 0.1) is 0 Å². The highest BCUT2D eigenvalue weighted by atomic mass is 32.2. The van der Waals surface area contributed by atoms with Gasteiger partial charge in [0.15, 0.2) is 0 Å². The van der Waals surface area contributed by atoms with Gasteiger partial charge in [0, 0.05) is 12.8 Å². The van der Waals surface area contributed by atoms with Gasteiger partial charge in [-0.1, -0.05) is 0 Å². The number of likely N-dealkylation sites (tertiary alicyclic amines) is 1. The molecule has 1 unspecified atom stereocenters. The average molecular weight is 210 g/mol. The van der Waals surface area contributed by atoms with Crippen molar-refractivity contribution in [1.29, 1.82) is 0 Å². The third kappa shape index (κ3) is 4.56. The van der Waals surface area contributed by atoms with Gasteiger partial charge in [0.1, 0.15) is 18.4 Å². The molecule has 78 valence electrons. The SMILES string of the molecule is O=S(=O)(O)CC(O)C[NH+]1CCCC1. The van der Waals surface area contributed by atoms with Crippen LogP contribution in [0.15, 0.2) is 0 Å². The first kappa shape index (κ1) is 10.9. The van der Waals surface area contributed by atoms with Crippen molar-refractivity contribution < 1.29 is 23.0 Å². The van der Waals surface area contributed by atoms with Crippen molar-refractivity contribution >= 4 is 10.1 Å². The van der Waals surface area contributed by atoms with Crippen LogP contribution in [0.25, 0.3) is 0 Å². The third-order valence-electron chi connectivity index (χ3n) is 2.24. The van der Waals surface area contributed by atoms with Crippen LogP contribution in [0.1, 0.15) is 12.8 Å². The van der Waals surface area contributed by atoms with Crippen LogP contribution in [-0.4, -0.2) is 49.6 Å². The number of aliphatic hydroxyl groups is 1. The average Bonchev–Trinajstić information content (AvgIpc) is 2.34. The molecule has 0 spiro atoms. The first-order valence-electron chi connectivity index (χ1n) is 4.44. The monoisotopic (exact) mass is 210 g/mol. The van der Waals surface area contributed by atoms with Crippen molar-refractivity contribution in [3.05, 3.63) is 0 Å². The van der Waals surface area contributed by atoms with Crippen molar-refractivity contribution in [3.8, 4) is 0 Å². The molecule has 0 bridgehead atoms. The van der Waals surface area contributed by atoms with E-state index in [9.17, 15) is 13.5 Å². The summed E-state index contributed by atoms with van der Waals surface area (Å²) >= 11 is 0. The first-order valence-corrected chi connectivity index (χ1v) is 6.05. The lowest BCUT2D eigenvalue weighted by Crippen LogP contribution is -3.11. The summed E-state index contributed by atoms with van der Waals surface area (Å²) in [6, 6.07) is 0. The molecule has 13 heavy (non-hydrogen) atoms. The highest BCUT2D eigenvalue weighted by Crippen LogP contribution is 1.91. The van der Waals surface area contributed by atoms with Gasteiger partial charge in [-0.15, -0.1) is 0 Å². The zero-order valence-electron chi connectivity index (χ0n) is 7.44. The molecule has 0 aromatic heterocycles. The Morgan fingerprint density at radius 1 is 1.31 bits per heavy atom. The zero-order chi connectivity index (χ0) is 9.90. The fourth-order valence-electron chi connectivity index (χ4n) is 1.71. The molecule has 1 fully saturated rings. The molecule has 5 nitrogen and oxygen atoms in total. The maximum absolute atomic E-state index is 10.4. The standard InChI is InChI=1S/C7H15NO4S/c9-7(6-13(10,11)12)5-8-3-1-2-4-8/h7,9H,1-6H2,(H,10,11,12)/p+1. The molecule has 1 atom stereocenters. The summed E-state index contributed by atoms with van der Waals surface area (Å²) in [7, 11) is -4.03. The molecule has 1 heterocycles. The van der Waals surface area contributed by atoms with Crippen LogP contribution < -0.4 is 4.90 Å².